The van der Waals surface area contributed by atoms with E-state index in [-0.39, 0.29) is 16.9 Å². The zero-order valence-corrected chi connectivity index (χ0v) is 18.7. The molecule has 0 spiro atoms. The summed E-state index contributed by atoms with van der Waals surface area (Å²) in [6.07, 6.45) is -0.618. The lowest BCUT2D eigenvalue weighted by molar-refractivity contribution is -0.122. The molecule has 1 atom stereocenters. The van der Waals surface area contributed by atoms with Crippen molar-refractivity contribution in [3.63, 3.8) is 0 Å². The molecule has 0 bridgehead atoms. The van der Waals surface area contributed by atoms with Crippen LogP contribution in [0.5, 0.6) is 0 Å². The normalized spacial score (nSPS) is 12.7. The molecule has 24 heavy (non-hydrogen) atoms. The number of carbonyl (C=O) groups is 1. The number of rotatable bonds is 5. The van der Waals surface area contributed by atoms with Gasteiger partial charge in [0, 0.05) is 15.7 Å². The molecule has 0 aliphatic heterocycles. The van der Waals surface area contributed by atoms with Gasteiger partial charge >= 0.3 is 0 Å². The van der Waals surface area contributed by atoms with E-state index in [0.717, 1.165) is 14.8 Å². The summed E-state index contributed by atoms with van der Waals surface area (Å²) in [4.78, 5) is 12.0. The Kier molecular flexibility index (Phi) is 8.82. The summed E-state index contributed by atoms with van der Waals surface area (Å²) in [5.74, 6) is -0.0254. The first kappa shape index (κ1) is 22.0. The Labute approximate surface area is 176 Å². The van der Waals surface area contributed by atoms with E-state index in [1.54, 1.807) is 0 Å². The largest absolute Gasteiger partial charge is 0.339 e. The van der Waals surface area contributed by atoms with Crippen LogP contribution >= 0.6 is 69.6 Å². The van der Waals surface area contributed by atoms with Crippen LogP contribution in [0.15, 0.2) is 18.2 Å². The van der Waals surface area contributed by atoms with Crippen molar-refractivity contribution in [2.75, 3.05) is 5.32 Å². The summed E-state index contributed by atoms with van der Waals surface area (Å²) < 4.78 is -0.630. The number of hydrogen-bond donors (Lipinski definition) is 3. The summed E-state index contributed by atoms with van der Waals surface area (Å²) in [7, 11) is 0. The molecule has 0 aliphatic rings. The zero-order valence-electron chi connectivity index (χ0n) is 13.4. The third-order valence-electron chi connectivity index (χ3n) is 2.94. The third-order valence-corrected chi connectivity index (χ3v) is 4.48. The predicted octanol–water partition coefficient (Wildman–Crippen LogP) is 4.74. The molecule has 1 unspecified atom stereocenters. The molecule has 134 valence electrons. The Morgan fingerprint density at radius 3 is 2.42 bits per heavy atom. The molecule has 1 amide bonds. The van der Waals surface area contributed by atoms with Gasteiger partial charge in [0.25, 0.3) is 0 Å². The van der Waals surface area contributed by atoms with E-state index >= 15 is 0 Å². The van der Waals surface area contributed by atoms with Gasteiger partial charge in [-0.3, -0.25) is 4.79 Å². The molecule has 9 heteroatoms. The fourth-order valence-electron chi connectivity index (χ4n) is 1.85. The molecular formula is C15H19Cl3IN3OS. The Bertz CT molecular complexity index is 608. The minimum absolute atomic E-state index is 0.195. The molecule has 0 radical (unpaired) electrons. The van der Waals surface area contributed by atoms with Gasteiger partial charge in [-0.2, -0.15) is 0 Å². The number of anilines is 1. The first-order valence-corrected chi connectivity index (χ1v) is 9.81. The topological polar surface area (TPSA) is 53.2 Å². The van der Waals surface area contributed by atoms with Gasteiger partial charge in [0.05, 0.1) is 0 Å². The zero-order chi connectivity index (χ0) is 18.5. The third kappa shape index (κ3) is 7.91. The van der Waals surface area contributed by atoms with E-state index in [1.165, 1.54) is 0 Å². The lowest BCUT2D eigenvalue weighted by Crippen LogP contribution is -2.56. The Morgan fingerprint density at radius 1 is 1.29 bits per heavy atom. The summed E-state index contributed by atoms with van der Waals surface area (Å²) in [5, 5.41) is 8.79. The number of thiocarbonyl (C=S) groups is 1. The highest BCUT2D eigenvalue weighted by Gasteiger charge is 2.34. The first-order chi connectivity index (χ1) is 11.0. The summed E-state index contributed by atoms with van der Waals surface area (Å²) >= 11 is 25.3. The van der Waals surface area contributed by atoms with Crippen LogP contribution in [0.25, 0.3) is 0 Å². The van der Waals surface area contributed by atoms with E-state index < -0.39 is 9.96 Å². The molecule has 4 nitrogen and oxygen atoms in total. The van der Waals surface area contributed by atoms with Crippen molar-refractivity contribution in [1.29, 1.82) is 0 Å². The highest BCUT2D eigenvalue weighted by atomic mass is 127. The van der Waals surface area contributed by atoms with Gasteiger partial charge < -0.3 is 16.0 Å². The van der Waals surface area contributed by atoms with E-state index in [0.29, 0.717) is 6.42 Å². The first-order valence-electron chi connectivity index (χ1n) is 7.18. The maximum absolute atomic E-state index is 12.0. The number of aryl methyl sites for hydroxylation is 1. The molecular weight excluding hydrogens is 504 g/mol. The van der Waals surface area contributed by atoms with E-state index in [4.69, 9.17) is 47.0 Å². The Hall–Kier alpha value is -0.0200. The van der Waals surface area contributed by atoms with Crippen LogP contribution in [0, 0.1) is 16.4 Å². The standard InChI is InChI=1S/C15H19Cl3IN3OS/c1-8(2)6-12(23)21-13(15(16,17)18)22-14(24)20-11-5-4-10(19)7-9(11)3/h4-5,7-8,13H,6H2,1-3H3,(H,21,23)(H2,20,22,24). The van der Waals surface area contributed by atoms with E-state index in [2.05, 4.69) is 38.5 Å². The van der Waals surface area contributed by atoms with E-state index in [1.807, 2.05) is 39.0 Å². The second-order valence-electron chi connectivity index (χ2n) is 5.70. The lowest BCUT2D eigenvalue weighted by Gasteiger charge is -2.28. The van der Waals surface area contributed by atoms with Gasteiger partial charge in [0.1, 0.15) is 6.17 Å². The number of halogens is 4. The van der Waals surface area contributed by atoms with Crippen molar-refractivity contribution >= 4 is 86.3 Å². The molecule has 0 aromatic heterocycles. The van der Waals surface area contributed by atoms with E-state index in [9.17, 15) is 4.79 Å². The summed E-state index contributed by atoms with van der Waals surface area (Å²) in [6, 6.07) is 5.88. The van der Waals surface area contributed by atoms with Crippen molar-refractivity contribution in [1.82, 2.24) is 10.6 Å². The van der Waals surface area contributed by atoms with Crippen LogP contribution in [0.2, 0.25) is 0 Å². The maximum Gasteiger partial charge on any atom is 0.228 e. The molecule has 0 fully saturated rings. The van der Waals surface area contributed by atoms with Gasteiger partial charge in [-0.1, -0.05) is 48.7 Å². The Morgan fingerprint density at radius 2 is 1.92 bits per heavy atom. The fraction of sp³-hybridized carbons (Fsp3) is 0.467. The van der Waals surface area contributed by atoms with Crippen LogP contribution in [-0.4, -0.2) is 21.0 Å². The smallest absolute Gasteiger partial charge is 0.228 e. The van der Waals surface area contributed by atoms with Gasteiger partial charge in [0.15, 0.2) is 5.11 Å². The SMILES string of the molecule is Cc1cc(I)ccc1NC(=S)NC(NC(=O)CC(C)C)C(Cl)(Cl)Cl. The van der Waals surface area contributed by atoms with Crippen LogP contribution in [0.4, 0.5) is 5.69 Å². The van der Waals surface area contributed by atoms with Crippen molar-refractivity contribution < 1.29 is 4.79 Å². The Balaban J connectivity index is 2.75. The highest BCUT2D eigenvalue weighted by Crippen LogP contribution is 2.29. The summed E-state index contributed by atoms with van der Waals surface area (Å²) in [6.45, 7) is 5.83. The number of benzene rings is 1. The maximum atomic E-state index is 12.0. The van der Waals surface area contributed by atoms with Crippen molar-refractivity contribution in [3.05, 3.63) is 27.3 Å². The fourth-order valence-corrected chi connectivity index (χ4v) is 3.05. The molecule has 1 aromatic rings. The van der Waals surface area contributed by atoms with Crippen LogP contribution in [0.3, 0.4) is 0 Å². The minimum atomic E-state index is -1.75. The molecule has 0 saturated carbocycles. The van der Waals surface area contributed by atoms with Gasteiger partial charge in [0.2, 0.25) is 9.70 Å². The molecule has 1 aromatic carbocycles. The van der Waals surface area contributed by atoms with Gasteiger partial charge in [-0.15, -0.1) is 0 Å². The highest BCUT2D eigenvalue weighted by molar-refractivity contribution is 14.1. The van der Waals surface area contributed by atoms with Crippen LogP contribution in [0.1, 0.15) is 25.8 Å². The number of amides is 1. The molecule has 1 rings (SSSR count). The predicted molar refractivity (Wildman–Crippen MR) is 115 cm³/mol. The van der Waals surface area contributed by atoms with Crippen molar-refractivity contribution in [2.45, 2.75) is 37.2 Å². The molecule has 3 N–H and O–H groups in total. The summed E-state index contributed by atoms with van der Waals surface area (Å²) in [5.41, 5.74) is 1.87. The van der Waals surface area contributed by atoms with Crippen LogP contribution in [-0.2, 0) is 4.79 Å². The molecule has 0 heterocycles. The minimum Gasteiger partial charge on any atom is -0.339 e. The van der Waals surface area contributed by atoms with Crippen molar-refractivity contribution in [2.24, 2.45) is 5.92 Å². The molecule has 0 aliphatic carbocycles. The average molecular weight is 523 g/mol. The second kappa shape index (κ2) is 9.62. The second-order valence-corrected chi connectivity index (χ2v) is 9.72. The quantitative estimate of drug-likeness (QED) is 0.226. The number of carbonyl (C=O) groups excluding carboxylic acids is 1. The van der Waals surface area contributed by atoms with Gasteiger partial charge in [-0.25, -0.2) is 0 Å². The van der Waals surface area contributed by atoms with Crippen molar-refractivity contribution in [3.8, 4) is 0 Å². The number of nitrogens with one attached hydrogen (secondary N) is 3. The van der Waals surface area contributed by atoms with Crippen LogP contribution < -0.4 is 16.0 Å². The van der Waals surface area contributed by atoms with Gasteiger partial charge in [-0.05, 0) is 71.4 Å². The monoisotopic (exact) mass is 521 g/mol. The number of hydrogen-bond acceptors (Lipinski definition) is 2. The number of alkyl halides is 3. The molecule has 0 saturated heterocycles. The average Bonchev–Trinajstić information content (AvgIpc) is 2.39. The lowest BCUT2D eigenvalue weighted by atomic mass is 10.1.